The van der Waals surface area contributed by atoms with Crippen LogP contribution in [-0.2, 0) is 9.53 Å². The van der Waals surface area contributed by atoms with E-state index in [1.54, 1.807) is 30.7 Å². The van der Waals surface area contributed by atoms with Gasteiger partial charge in [0.05, 0.1) is 19.3 Å². The van der Waals surface area contributed by atoms with E-state index in [0.29, 0.717) is 23.1 Å². The van der Waals surface area contributed by atoms with Crippen LogP contribution in [-0.4, -0.2) is 30.0 Å². The second-order valence-corrected chi connectivity index (χ2v) is 4.68. The van der Waals surface area contributed by atoms with Crippen LogP contribution in [0.2, 0.25) is 0 Å². The van der Waals surface area contributed by atoms with E-state index in [0.717, 1.165) is 0 Å². The molecule has 1 amide bonds. The number of carbonyl (C=O) groups is 2. The normalized spacial score (nSPS) is 10.2. The van der Waals surface area contributed by atoms with Crippen molar-refractivity contribution in [2.45, 2.75) is 13.3 Å². The van der Waals surface area contributed by atoms with Crippen molar-refractivity contribution in [2.75, 3.05) is 13.2 Å². The van der Waals surface area contributed by atoms with Gasteiger partial charge in [-0.05, 0) is 19.1 Å². The van der Waals surface area contributed by atoms with Crippen LogP contribution in [0, 0.1) is 0 Å². The number of carbonyl (C=O) groups excluding carboxylic acids is 2. The Morgan fingerprint density at radius 3 is 3.05 bits per heavy atom. The van der Waals surface area contributed by atoms with Gasteiger partial charge in [0.15, 0.2) is 10.8 Å². The van der Waals surface area contributed by atoms with Gasteiger partial charge in [-0.25, -0.2) is 4.98 Å². The van der Waals surface area contributed by atoms with Crippen molar-refractivity contribution >= 4 is 23.2 Å². The third kappa shape index (κ3) is 3.67. The Bertz CT molecular complexity index is 577. The average molecular weight is 294 g/mol. The van der Waals surface area contributed by atoms with Crippen molar-refractivity contribution < 1.29 is 18.7 Å². The second kappa shape index (κ2) is 6.85. The molecule has 0 aliphatic carbocycles. The molecule has 2 heterocycles. The fraction of sp³-hybridized carbons (Fsp3) is 0.308. The van der Waals surface area contributed by atoms with Crippen molar-refractivity contribution in [2.24, 2.45) is 0 Å². The maximum atomic E-state index is 11.8. The van der Waals surface area contributed by atoms with E-state index < -0.39 is 0 Å². The molecule has 2 rings (SSSR count). The number of amides is 1. The van der Waals surface area contributed by atoms with Gasteiger partial charge in [-0.1, -0.05) is 0 Å². The first kappa shape index (κ1) is 14.3. The molecule has 0 fully saturated rings. The van der Waals surface area contributed by atoms with Crippen LogP contribution in [0.15, 0.2) is 28.2 Å². The number of aromatic nitrogens is 1. The average Bonchev–Trinajstić information content (AvgIpc) is 3.10. The highest BCUT2D eigenvalue weighted by Crippen LogP contribution is 2.23. The predicted octanol–water partition coefficient (Wildman–Crippen LogP) is 2.09. The molecule has 0 saturated heterocycles. The Morgan fingerprint density at radius 1 is 1.50 bits per heavy atom. The highest BCUT2D eigenvalue weighted by atomic mass is 32.1. The van der Waals surface area contributed by atoms with E-state index in [2.05, 4.69) is 10.3 Å². The lowest BCUT2D eigenvalue weighted by Crippen LogP contribution is -2.26. The molecule has 0 radical (unpaired) electrons. The smallest absolute Gasteiger partial charge is 0.307 e. The summed E-state index contributed by atoms with van der Waals surface area (Å²) in [5.41, 5.74) is 0.310. The van der Waals surface area contributed by atoms with Gasteiger partial charge in [0.25, 0.3) is 5.91 Å². The molecule has 20 heavy (non-hydrogen) atoms. The lowest BCUT2D eigenvalue weighted by molar-refractivity contribution is -0.142. The number of hydrogen-bond acceptors (Lipinski definition) is 6. The minimum atomic E-state index is -0.331. The highest BCUT2D eigenvalue weighted by molar-refractivity contribution is 7.13. The summed E-state index contributed by atoms with van der Waals surface area (Å²) in [7, 11) is 0. The summed E-state index contributed by atoms with van der Waals surface area (Å²) in [6.07, 6.45) is 1.70. The molecule has 0 atom stereocenters. The monoisotopic (exact) mass is 294 g/mol. The molecule has 2 aromatic rings. The van der Waals surface area contributed by atoms with Gasteiger partial charge in [-0.15, -0.1) is 11.3 Å². The van der Waals surface area contributed by atoms with Crippen molar-refractivity contribution in [3.05, 3.63) is 29.5 Å². The lowest BCUT2D eigenvalue weighted by atomic mass is 10.4. The lowest BCUT2D eigenvalue weighted by Gasteiger charge is -2.03. The summed E-state index contributed by atoms with van der Waals surface area (Å²) in [4.78, 5) is 27.1. The molecule has 0 aliphatic heterocycles. The zero-order chi connectivity index (χ0) is 14.4. The standard InChI is InChI=1S/C13H14N2O4S/c1-2-18-11(16)5-6-14-12(17)9-8-20-13(15-9)10-4-3-7-19-10/h3-4,7-8H,2,5-6H2,1H3,(H,14,17). The number of rotatable bonds is 6. The summed E-state index contributed by atoms with van der Waals surface area (Å²) in [5, 5.41) is 4.92. The second-order valence-electron chi connectivity index (χ2n) is 3.83. The molecule has 0 aliphatic rings. The molecule has 2 aromatic heterocycles. The summed E-state index contributed by atoms with van der Waals surface area (Å²) in [6.45, 7) is 2.30. The molecule has 106 valence electrons. The Labute approximate surface area is 119 Å². The van der Waals surface area contributed by atoms with Crippen LogP contribution in [0.3, 0.4) is 0 Å². The fourth-order valence-electron chi connectivity index (χ4n) is 1.49. The topological polar surface area (TPSA) is 81.4 Å². The van der Waals surface area contributed by atoms with Crippen molar-refractivity contribution in [3.8, 4) is 10.8 Å². The maximum Gasteiger partial charge on any atom is 0.307 e. The van der Waals surface area contributed by atoms with E-state index in [-0.39, 0.29) is 24.8 Å². The van der Waals surface area contributed by atoms with Gasteiger partial charge in [0, 0.05) is 11.9 Å². The molecule has 0 unspecified atom stereocenters. The minimum absolute atomic E-state index is 0.148. The zero-order valence-corrected chi connectivity index (χ0v) is 11.7. The van der Waals surface area contributed by atoms with Crippen LogP contribution in [0.25, 0.3) is 10.8 Å². The summed E-state index contributed by atoms with van der Waals surface area (Å²) < 4.78 is 9.97. The number of thiazole rings is 1. The Balaban J connectivity index is 1.86. The van der Waals surface area contributed by atoms with E-state index >= 15 is 0 Å². The summed E-state index contributed by atoms with van der Waals surface area (Å²) in [5.74, 6) is -0.0220. The molecule has 0 saturated carbocycles. The first-order chi connectivity index (χ1) is 9.70. The molecule has 0 bridgehead atoms. The summed E-state index contributed by atoms with van der Waals surface area (Å²) >= 11 is 1.33. The van der Waals surface area contributed by atoms with Crippen LogP contribution < -0.4 is 5.32 Å². The number of hydrogen-bond donors (Lipinski definition) is 1. The SMILES string of the molecule is CCOC(=O)CCNC(=O)c1csc(-c2ccco2)n1. The van der Waals surface area contributed by atoms with E-state index in [4.69, 9.17) is 9.15 Å². The first-order valence-corrected chi connectivity index (χ1v) is 7.02. The molecular weight excluding hydrogens is 280 g/mol. The van der Waals surface area contributed by atoms with Crippen LogP contribution >= 0.6 is 11.3 Å². The fourth-order valence-corrected chi connectivity index (χ4v) is 2.26. The largest absolute Gasteiger partial charge is 0.466 e. The number of nitrogens with one attached hydrogen (secondary N) is 1. The highest BCUT2D eigenvalue weighted by Gasteiger charge is 2.13. The van der Waals surface area contributed by atoms with Gasteiger partial charge < -0.3 is 14.5 Å². The molecule has 0 spiro atoms. The maximum absolute atomic E-state index is 11.8. The van der Waals surface area contributed by atoms with E-state index in [9.17, 15) is 9.59 Å². The Hall–Kier alpha value is -2.15. The third-order valence-electron chi connectivity index (χ3n) is 2.39. The van der Waals surface area contributed by atoms with E-state index in [1.165, 1.54) is 11.3 Å². The Morgan fingerprint density at radius 2 is 2.35 bits per heavy atom. The van der Waals surface area contributed by atoms with Gasteiger partial charge in [-0.2, -0.15) is 0 Å². The van der Waals surface area contributed by atoms with Crippen molar-refractivity contribution in [1.29, 1.82) is 0 Å². The van der Waals surface area contributed by atoms with Crippen LogP contribution in [0.4, 0.5) is 0 Å². The zero-order valence-electron chi connectivity index (χ0n) is 10.9. The van der Waals surface area contributed by atoms with Gasteiger partial charge in [0.2, 0.25) is 0 Å². The Kier molecular flexibility index (Phi) is 4.89. The molecule has 7 heteroatoms. The quantitative estimate of drug-likeness (QED) is 0.825. The third-order valence-corrected chi connectivity index (χ3v) is 3.25. The number of nitrogens with zero attached hydrogens (tertiary/aromatic N) is 1. The molecule has 0 aromatic carbocycles. The molecular formula is C13H14N2O4S. The number of ether oxygens (including phenoxy) is 1. The van der Waals surface area contributed by atoms with Gasteiger partial charge in [-0.3, -0.25) is 9.59 Å². The first-order valence-electron chi connectivity index (χ1n) is 6.14. The van der Waals surface area contributed by atoms with E-state index in [1.807, 2.05) is 0 Å². The molecule has 6 nitrogen and oxygen atoms in total. The molecule has 1 N–H and O–H groups in total. The number of esters is 1. The van der Waals surface area contributed by atoms with Crippen LogP contribution in [0.5, 0.6) is 0 Å². The van der Waals surface area contributed by atoms with Crippen molar-refractivity contribution in [1.82, 2.24) is 10.3 Å². The van der Waals surface area contributed by atoms with Crippen molar-refractivity contribution in [3.63, 3.8) is 0 Å². The predicted molar refractivity (Wildman–Crippen MR) is 73.4 cm³/mol. The van der Waals surface area contributed by atoms with Crippen LogP contribution in [0.1, 0.15) is 23.8 Å². The summed E-state index contributed by atoms with van der Waals surface area (Å²) in [6, 6.07) is 3.54. The van der Waals surface area contributed by atoms with Gasteiger partial charge >= 0.3 is 5.97 Å². The minimum Gasteiger partial charge on any atom is -0.466 e. The van der Waals surface area contributed by atoms with Gasteiger partial charge in [0.1, 0.15) is 5.69 Å². The number of furan rings is 1.